The average molecular weight is 737 g/mol. The van der Waals surface area contributed by atoms with Crippen LogP contribution in [0.15, 0.2) is 60.7 Å². The Kier molecular flexibility index (Phi) is 23.4. The Morgan fingerprint density at radius 3 is 1.04 bits per heavy atom. The van der Waals surface area contributed by atoms with E-state index in [1.165, 1.54) is 10.4 Å². The van der Waals surface area contributed by atoms with Crippen LogP contribution in [0.2, 0.25) is 5.04 Å². The standard InChI is InChI=1S/C39H64O11Si/c1-38(2,3)50-37(40)17-18-41-19-20-42-21-22-43-23-24-44-25-26-45-27-28-46-29-30-47-31-32-48-33-34-49-51(39(4,5)6,35-13-9-7-10-14-35)36-15-11-8-12-16-36/h7-16H,17-34H2,1-6H3. The zero-order chi connectivity index (χ0) is 37.1. The molecule has 2 aromatic carbocycles. The number of benzene rings is 2. The van der Waals surface area contributed by atoms with Crippen molar-refractivity contribution < 1.29 is 51.9 Å². The molecule has 0 bridgehead atoms. The predicted octanol–water partition coefficient (Wildman–Crippen LogP) is 4.43. The third kappa shape index (κ3) is 20.0. The lowest BCUT2D eigenvalue weighted by Crippen LogP contribution is -2.66. The largest absolute Gasteiger partial charge is 0.460 e. The molecule has 2 aromatic rings. The van der Waals surface area contributed by atoms with E-state index in [-0.39, 0.29) is 17.4 Å². The Labute approximate surface area is 307 Å². The van der Waals surface area contributed by atoms with Crippen molar-refractivity contribution in [1.82, 2.24) is 0 Å². The van der Waals surface area contributed by atoms with Crippen LogP contribution in [0.5, 0.6) is 0 Å². The van der Waals surface area contributed by atoms with Crippen LogP contribution in [-0.4, -0.2) is 132 Å². The van der Waals surface area contributed by atoms with E-state index in [2.05, 4.69) is 81.4 Å². The molecule has 2 rings (SSSR count). The molecular weight excluding hydrogens is 673 g/mol. The van der Waals surface area contributed by atoms with E-state index in [0.717, 1.165) is 0 Å². The molecule has 0 fully saturated rings. The van der Waals surface area contributed by atoms with Gasteiger partial charge in [0, 0.05) is 0 Å². The maximum absolute atomic E-state index is 11.6. The van der Waals surface area contributed by atoms with Crippen LogP contribution in [0.1, 0.15) is 48.0 Å². The van der Waals surface area contributed by atoms with Gasteiger partial charge >= 0.3 is 5.97 Å². The summed E-state index contributed by atoms with van der Waals surface area (Å²) < 4.78 is 56.5. The van der Waals surface area contributed by atoms with Gasteiger partial charge in [0.2, 0.25) is 0 Å². The molecule has 0 aliphatic rings. The first-order valence-electron chi connectivity index (χ1n) is 18.1. The Balaban J connectivity index is 1.35. The smallest absolute Gasteiger partial charge is 0.308 e. The molecule has 0 atom stereocenters. The van der Waals surface area contributed by atoms with E-state index in [0.29, 0.717) is 112 Å². The molecule has 11 nitrogen and oxygen atoms in total. The molecule has 0 radical (unpaired) electrons. The molecule has 51 heavy (non-hydrogen) atoms. The van der Waals surface area contributed by atoms with Crippen LogP contribution in [0.25, 0.3) is 0 Å². The quantitative estimate of drug-likeness (QED) is 0.0646. The summed E-state index contributed by atoms with van der Waals surface area (Å²) in [6, 6.07) is 21.3. The minimum absolute atomic E-state index is 0.0587. The second-order valence-corrected chi connectivity index (χ2v) is 18.1. The van der Waals surface area contributed by atoms with Gasteiger partial charge < -0.3 is 47.1 Å². The van der Waals surface area contributed by atoms with Gasteiger partial charge in [-0.05, 0) is 36.2 Å². The summed E-state index contributed by atoms with van der Waals surface area (Å²) in [6.07, 6.45) is 0.232. The highest BCUT2D eigenvalue weighted by Gasteiger charge is 2.50. The fraction of sp³-hybridized carbons (Fsp3) is 0.667. The molecule has 0 spiro atoms. The van der Waals surface area contributed by atoms with Gasteiger partial charge in [-0.3, -0.25) is 4.79 Å². The molecule has 0 aromatic heterocycles. The summed E-state index contributed by atoms with van der Waals surface area (Å²) in [5.74, 6) is -0.263. The number of carbonyl (C=O) groups is 1. The van der Waals surface area contributed by atoms with E-state index >= 15 is 0 Å². The predicted molar refractivity (Wildman–Crippen MR) is 201 cm³/mol. The summed E-state index contributed by atoms with van der Waals surface area (Å²) in [5.41, 5.74) is -0.474. The first-order chi connectivity index (χ1) is 24.6. The minimum Gasteiger partial charge on any atom is -0.460 e. The maximum Gasteiger partial charge on any atom is 0.308 e. The maximum atomic E-state index is 11.6. The SMILES string of the molecule is CC(C)(C)OC(=O)CCOCCOCCOCCOCCOCCOCCOCCOCCO[Si](c1ccccc1)(c1ccccc1)C(C)(C)C. The molecular formula is C39H64O11Si. The molecule has 0 saturated carbocycles. The van der Waals surface area contributed by atoms with Crippen molar-refractivity contribution in [2.24, 2.45) is 0 Å². The van der Waals surface area contributed by atoms with E-state index in [1.54, 1.807) is 0 Å². The Bertz CT molecular complexity index is 1080. The molecule has 0 heterocycles. The number of carbonyl (C=O) groups excluding carboxylic acids is 1. The Morgan fingerprint density at radius 1 is 0.451 bits per heavy atom. The normalized spacial score (nSPS) is 12.4. The molecule has 0 amide bonds. The highest BCUT2D eigenvalue weighted by atomic mass is 28.4. The highest BCUT2D eigenvalue weighted by molar-refractivity contribution is 6.99. The van der Waals surface area contributed by atoms with Gasteiger partial charge in [-0.15, -0.1) is 0 Å². The van der Waals surface area contributed by atoms with Crippen LogP contribution in [0, 0.1) is 0 Å². The lowest BCUT2D eigenvalue weighted by atomic mass is 10.2. The second-order valence-electron chi connectivity index (χ2n) is 13.7. The van der Waals surface area contributed by atoms with Crippen LogP contribution in [-0.2, 0) is 51.9 Å². The molecule has 0 N–H and O–H groups in total. The summed E-state index contributed by atoms with van der Waals surface area (Å²) in [5, 5.41) is 2.47. The molecule has 290 valence electrons. The first kappa shape index (κ1) is 44.9. The van der Waals surface area contributed by atoms with Crippen LogP contribution >= 0.6 is 0 Å². The third-order valence-electron chi connectivity index (χ3n) is 7.44. The molecule has 0 unspecified atom stereocenters. The topological polar surface area (TPSA) is 109 Å². The average Bonchev–Trinajstić information content (AvgIpc) is 3.09. The number of ether oxygens (including phenoxy) is 9. The van der Waals surface area contributed by atoms with Crippen molar-refractivity contribution in [3.05, 3.63) is 60.7 Å². The van der Waals surface area contributed by atoms with Crippen LogP contribution in [0.4, 0.5) is 0 Å². The monoisotopic (exact) mass is 736 g/mol. The van der Waals surface area contributed by atoms with Crippen molar-refractivity contribution >= 4 is 24.7 Å². The zero-order valence-corrected chi connectivity index (χ0v) is 33.0. The molecule has 0 aliphatic carbocycles. The van der Waals surface area contributed by atoms with Crippen molar-refractivity contribution in [3.63, 3.8) is 0 Å². The van der Waals surface area contributed by atoms with Crippen LogP contribution in [0.3, 0.4) is 0 Å². The van der Waals surface area contributed by atoms with E-state index in [1.807, 2.05) is 20.8 Å². The van der Waals surface area contributed by atoms with E-state index in [9.17, 15) is 4.79 Å². The lowest BCUT2D eigenvalue weighted by molar-refractivity contribution is -0.156. The zero-order valence-electron chi connectivity index (χ0n) is 32.0. The number of rotatable bonds is 30. The number of hydrogen-bond donors (Lipinski definition) is 0. The van der Waals surface area contributed by atoms with E-state index < -0.39 is 13.9 Å². The van der Waals surface area contributed by atoms with Gasteiger partial charge in [0.1, 0.15) is 5.60 Å². The summed E-state index contributed by atoms with van der Waals surface area (Å²) in [7, 11) is -2.54. The highest BCUT2D eigenvalue weighted by Crippen LogP contribution is 2.36. The Hall–Kier alpha value is -2.23. The van der Waals surface area contributed by atoms with E-state index in [4.69, 9.17) is 47.1 Å². The van der Waals surface area contributed by atoms with Gasteiger partial charge in [0.05, 0.1) is 119 Å². The summed E-state index contributed by atoms with van der Waals surface area (Å²) in [6.45, 7) is 20.5. The number of esters is 1. The van der Waals surface area contributed by atoms with Crippen molar-refractivity contribution in [2.45, 2.75) is 58.6 Å². The minimum atomic E-state index is -2.54. The first-order valence-corrected chi connectivity index (χ1v) is 20.1. The second kappa shape index (κ2) is 26.5. The van der Waals surface area contributed by atoms with Gasteiger partial charge in [0.25, 0.3) is 8.32 Å². The summed E-state index contributed by atoms with van der Waals surface area (Å²) in [4.78, 5) is 11.6. The number of hydrogen-bond acceptors (Lipinski definition) is 11. The van der Waals surface area contributed by atoms with Crippen molar-refractivity contribution in [1.29, 1.82) is 0 Å². The fourth-order valence-corrected chi connectivity index (χ4v) is 9.75. The lowest BCUT2D eigenvalue weighted by Gasteiger charge is -2.43. The van der Waals surface area contributed by atoms with Gasteiger partial charge in [0.15, 0.2) is 0 Å². The third-order valence-corrected chi connectivity index (χ3v) is 12.5. The van der Waals surface area contributed by atoms with Gasteiger partial charge in [-0.1, -0.05) is 81.4 Å². The van der Waals surface area contributed by atoms with Crippen molar-refractivity contribution in [3.8, 4) is 0 Å². The van der Waals surface area contributed by atoms with Crippen molar-refractivity contribution in [2.75, 3.05) is 112 Å². The molecule has 12 heteroatoms. The fourth-order valence-electron chi connectivity index (χ4n) is 5.20. The Morgan fingerprint density at radius 2 is 0.745 bits per heavy atom. The van der Waals surface area contributed by atoms with Gasteiger partial charge in [-0.25, -0.2) is 0 Å². The molecule has 0 saturated heterocycles. The molecule has 0 aliphatic heterocycles. The van der Waals surface area contributed by atoms with Crippen LogP contribution < -0.4 is 10.4 Å². The van der Waals surface area contributed by atoms with Gasteiger partial charge in [-0.2, -0.15) is 0 Å². The summed E-state index contributed by atoms with van der Waals surface area (Å²) >= 11 is 0.